The van der Waals surface area contributed by atoms with E-state index in [4.69, 9.17) is 21.1 Å². The Morgan fingerprint density at radius 3 is 2.92 bits per heavy atom. The van der Waals surface area contributed by atoms with Gasteiger partial charge in [-0.3, -0.25) is 4.79 Å². The summed E-state index contributed by atoms with van der Waals surface area (Å²) >= 11 is 6.01. The van der Waals surface area contributed by atoms with Crippen molar-refractivity contribution in [3.63, 3.8) is 0 Å². The lowest BCUT2D eigenvalue weighted by Crippen LogP contribution is -2.13. The maximum atomic E-state index is 11.0. The highest BCUT2D eigenvalue weighted by Gasteiger charge is 2.11. The quantitative estimate of drug-likeness (QED) is 0.621. The fourth-order valence-corrected chi connectivity index (χ4v) is 2.66. The number of ether oxygens (including phenoxy) is 2. The summed E-state index contributed by atoms with van der Waals surface area (Å²) < 4.78 is 12.7. The molecule has 0 amide bonds. The topological polar surface area (TPSA) is 65.7 Å². The predicted molar refractivity (Wildman–Crippen MR) is 94.1 cm³/mol. The van der Waals surface area contributed by atoms with Crippen molar-refractivity contribution in [2.75, 3.05) is 0 Å². The zero-order chi connectivity index (χ0) is 17.8. The standard InChI is InChI=1S/C18H18ClN3O3/c1-12(24-13(2)23)6-7-15-11-18(22-17(21-15)8-9-20-22)25-16-5-3-4-14(19)10-16/h3-5,8-12H,6-7H2,1-2H3. The van der Waals surface area contributed by atoms with Crippen LogP contribution in [0.4, 0.5) is 0 Å². The molecule has 0 saturated carbocycles. The lowest BCUT2D eigenvalue weighted by molar-refractivity contribution is -0.145. The van der Waals surface area contributed by atoms with E-state index in [2.05, 4.69) is 10.1 Å². The molecule has 0 radical (unpaired) electrons. The Morgan fingerprint density at radius 1 is 1.32 bits per heavy atom. The molecule has 25 heavy (non-hydrogen) atoms. The molecular formula is C18H18ClN3O3. The molecule has 0 saturated heterocycles. The molecule has 0 aliphatic heterocycles. The Morgan fingerprint density at radius 2 is 2.16 bits per heavy atom. The van der Waals surface area contributed by atoms with Gasteiger partial charge in [0.2, 0.25) is 5.88 Å². The van der Waals surface area contributed by atoms with E-state index < -0.39 is 0 Å². The molecule has 7 heteroatoms. The Balaban J connectivity index is 1.82. The van der Waals surface area contributed by atoms with E-state index in [1.54, 1.807) is 22.8 Å². The second-order valence-corrected chi connectivity index (χ2v) is 6.14. The van der Waals surface area contributed by atoms with E-state index >= 15 is 0 Å². The molecule has 2 aromatic heterocycles. The molecule has 3 aromatic rings. The molecule has 0 fully saturated rings. The molecule has 3 rings (SSSR count). The van der Waals surface area contributed by atoms with Crippen LogP contribution in [0.25, 0.3) is 5.65 Å². The van der Waals surface area contributed by atoms with Crippen LogP contribution < -0.4 is 4.74 Å². The van der Waals surface area contributed by atoms with Gasteiger partial charge in [-0.1, -0.05) is 17.7 Å². The first-order valence-corrected chi connectivity index (χ1v) is 8.33. The number of nitrogens with zero attached hydrogens (tertiary/aromatic N) is 3. The number of carbonyl (C=O) groups is 1. The summed E-state index contributed by atoms with van der Waals surface area (Å²) in [5.74, 6) is 0.888. The first-order valence-electron chi connectivity index (χ1n) is 7.95. The molecule has 0 spiro atoms. The third-order valence-electron chi connectivity index (χ3n) is 3.57. The van der Waals surface area contributed by atoms with E-state index in [0.29, 0.717) is 35.1 Å². The van der Waals surface area contributed by atoms with Crippen LogP contribution in [-0.2, 0) is 16.0 Å². The molecule has 1 unspecified atom stereocenters. The number of carbonyl (C=O) groups excluding carboxylic acids is 1. The normalized spacial score (nSPS) is 12.1. The van der Waals surface area contributed by atoms with Crippen LogP contribution in [0.1, 0.15) is 26.0 Å². The summed E-state index contributed by atoms with van der Waals surface area (Å²) in [7, 11) is 0. The van der Waals surface area contributed by atoms with Crippen LogP contribution in [-0.4, -0.2) is 26.7 Å². The molecule has 1 aromatic carbocycles. The summed E-state index contributed by atoms with van der Waals surface area (Å²) in [6, 6.07) is 10.8. The van der Waals surface area contributed by atoms with Gasteiger partial charge in [0.25, 0.3) is 0 Å². The highest BCUT2D eigenvalue weighted by molar-refractivity contribution is 6.30. The van der Waals surface area contributed by atoms with Crippen molar-refractivity contribution in [1.82, 2.24) is 14.6 Å². The minimum absolute atomic E-state index is 0.169. The number of esters is 1. The van der Waals surface area contributed by atoms with Gasteiger partial charge < -0.3 is 9.47 Å². The Bertz CT molecular complexity index is 894. The van der Waals surface area contributed by atoms with Gasteiger partial charge in [0.15, 0.2) is 5.65 Å². The molecule has 130 valence electrons. The minimum atomic E-state index is -0.281. The van der Waals surface area contributed by atoms with Crippen molar-refractivity contribution >= 4 is 23.2 Å². The maximum Gasteiger partial charge on any atom is 0.302 e. The highest BCUT2D eigenvalue weighted by Crippen LogP contribution is 2.25. The van der Waals surface area contributed by atoms with Crippen molar-refractivity contribution in [2.24, 2.45) is 0 Å². The monoisotopic (exact) mass is 359 g/mol. The van der Waals surface area contributed by atoms with Crippen LogP contribution in [0.15, 0.2) is 42.6 Å². The van der Waals surface area contributed by atoms with Gasteiger partial charge in [0, 0.05) is 29.8 Å². The zero-order valence-corrected chi connectivity index (χ0v) is 14.7. The molecule has 0 aliphatic rings. The predicted octanol–water partition coefficient (Wildman–Crippen LogP) is 4.06. The maximum absolute atomic E-state index is 11.0. The number of rotatable bonds is 6. The second kappa shape index (κ2) is 7.53. The molecule has 1 atom stereocenters. The number of aryl methyl sites for hydroxylation is 1. The summed E-state index contributed by atoms with van der Waals surface area (Å²) in [5, 5.41) is 4.84. The number of hydrogen-bond donors (Lipinski definition) is 0. The average Bonchev–Trinajstić information content (AvgIpc) is 3.01. The van der Waals surface area contributed by atoms with Crippen LogP contribution in [0, 0.1) is 0 Å². The third-order valence-corrected chi connectivity index (χ3v) is 3.81. The van der Waals surface area contributed by atoms with E-state index in [1.807, 2.05) is 31.2 Å². The molecule has 0 N–H and O–H groups in total. The van der Waals surface area contributed by atoms with Gasteiger partial charge in [-0.05, 0) is 38.0 Å². The van der Waals surface area contributed by atoms with Crippen molar-refractivity contribution in [2.45, 2.75) is 32.8 Å². The van der Waals surface area contributed by atoms with E-state index in [1.165, 1.54) is 6.92 Å². The van der Waals surface area contributed by atoms with Crippen molar-refractivity contribution in [3.8, 4) is 11.6 Å². The fraction of sp³-hybridized carbons (Fsp3) is 0.278. The van der Waals surface area contributed by atoms with Gasteiger partial charge >= 0.3 is 5.97 Å². The van der Waals surface area contributed by atoms with Crippen molar-refractivity contribution in [1.29, 1.82) is 0 Å². The number of halogens is 1. The summed E-state index contributed by atoms with van der Waals surface area (Å²) in [4.78, 5) is 15.6. The number of fused-ring (bicyclic) bond motifs is 1. The Kier molecular flexibility index (Phi) is 5.19. The lowest BCUT2D eigenvalue weighted by Gasteiger charge is -2.13. The number of hydrogen-bond acceptors (Lipinski definition) is 5. The van der Waals surface area contributed by atoms with E-state index in [0.717, 1.165) is 5.69 Å². The van der Waals surface area contributed by atoms with Gasteiger partial charge in [-0.15, -0.1) is 0 Å². The average molecular weight is 360 g/mol. The SMILES string of the molecule is CC(=O)OC(C)CCc1cc(Oc2cccc(Cl)c2)n2nccc2n1. The van der Waals surface area contributed by atoms with Gasteiger partial charge in [-0.2, -0.15) is 9.61 Å². The summed E-state index contributed by atoms with van der Waals surface area (Å²) in [5.41, 5.74) is 1.53. The molecular weight excluding hydrogens is 342 g/mol. The molecule has 0 aliphatic carbocycles. The smallest absolute Gasteiger partial charge is 0.302 e. The molecule has 6 nitrogen and oxygen atoms in total. The largest absolute Gasteiger partial charge is 0.463 e. The summed E-state index contributed by atoms with van der Waals surface area (Å²) in [6.45, 7) is 3.27. The number of benzene rings is 1. The van der Waals surface area contributed by atoms with Crippen LogP contribution >= 0.6 is 11.6 Å². The van der Waals surface area contributed by atoms with Gasteiger partial charge in [0.1, 0.15) is 5.75 Å². The van der Waals surface area contributed by atoms with Crippen LogP contribution in [0.5, 0.6) is 11.6 Å². The van der Waals surface area contributed by atoms with Gasteiger partial charge in [0.05, 0.1) is 12.3 Å². The molecule has 2 heterocycles. The highest BCUT2D eigenvalue weighted by atomic mass is 35.5. The summed E-state index contributed by atoms with van der Waals surface area (Å²) in [6.07, 6.45) is 2.83. The van der Waals surface area contributed by atoms with Crippen LogP contribution in [0.3, 0.4) is 0 Å². The first-order chi connectivity index (χ1) is 12.0. The van der Waals surface area contributed by atoms with Gasteiger partial charge in [-0.25, -0.2) is 4.98 Å². The number of aromatic nitrogens is 3. The second-order valence-electron chi connectivity index (χ2n) is 5.71. The van der Waals surface area contributed by atoms with E-state index in [-0.39, 0.29) is 12.1 Å². The van der Waals surface area contributed by atoms with Crippen molar-refractivity contribution in [3.05, 3.63) is 53.3 Å². The molecule has 0 bridgehead atoms. The third kappa shape index (κ3) is 4.48. The minimum Gasteiger partial charge on any atom is -0.463 e. The first kappa shape index (κ1) is 17.2. The van der Waals surface area contributed by atoms with Crippen LogP contribution in [0.2, 0.25) is 5.02 Å². The Labute approximate surface area is 150 Å². The Hall–Kier alpha value is -2.60. The lowest BCUT2D eigenvalue weighted by atomic mass is 10.1. The zero-order valence-electron chi connectivity index (χ0n) is 14.0. The van der Waals surface area contributed by atoms with E-state index in [9.17, 15) is 4.79 Å². The fourth-order valence-electron chi connectivity index (χ4n) is 2.48. The van der Waals surface area contributed by atoms with Crippen molar-refractivity contribution < 1.29 is 14.3 Å².